The molecular formula is C25H34N4O3S2. The van der Waals surface area contributed by atoms with Crippen molar-refractivity contribution >= 4 is 46.1 Å². The Labute approximate surface area is 211 Å². The highest BCUT2D eigenvalue weighted by molar-refractivity contribution is 8.26. The number of piperidine rings is 1. The number of unbranched alkanes of at least 4 members (excludes halogenated alkanes) is 1. The van der Waals surface area contributed by atoms with Crippen molar-refractivity contribution in [3.05, 3.63) is 31.9 Å². The number of hydrogen-bond donors (Lipinski definition) is 0. The zero-order chi connectivity index (χ0) is 24.8. The maximum atomic E-state index is 13.3. The summed E-state index contributed by atoms with van der Waals surface area (Å²) in [5.41, 5.74) is 1.30. The van der Waals surface area contributed by atoms with Gasteiger partial charge in [0.05, 0.1) is 4.91 Å². The van der Waals surface area contributed by atoms with E-state index < -0.39 is 0 Å². The topological polar surface area (TPSA) is 78.6 Å². The smallest absolute Gasteiger partial charge is 0.270 e. The molecule has 7 nitrogen and oxygen atoms in total. The Morgan fingerprint density at radius 3 is 2.56 bits per heavy atom. The van der Waals surface area contributed by atoms with Crippen molar-refractivity contribution < 1.29 is 9.53 Å². The molecule has 2 aliphatic rings. The number of amides is 1. The number of rotatable bonds is 9. The predicted octanol–water partition coefficient (Wildman–Crippen LogP) is 4.30. The van der Waals surface area contributed by atoms with E-state index >= 15 is 0 Å². The summed E-state index contributed by atoms with van der Waals surface area (Å²) in [6.45, 7) is 9.44. The Bertz CT molecular complexity index is 1070. The number of methoxy groups -OCH3 is 1. The molecule has 0 N–H and O–H groups in total. The van der Waals surface area contributed by atoms with Gasteiger partial charge in [-0.05, 0) is 50.2 Å². The third kappa shape index (κ3) is 5.56. The van der Waals surface area contributed by atoms with Gasteiger partial charge >= 0.3 is 0 Å². The molecule has 0 spiro atoms. The number of aromatic nitrogens is 1. The molecule has 3 heterocycles. The second-order valence-corrected chi connectivity index (χ2v) is 10.7. The Morgan fingerprint density at radius 2 is 1.94 bits per heavy atom. The van der Waals surface area contributed by atoms with E-state index in [1.807, 2.05) is 13.0 Å². The first-order valence-corrected chi connectivity index (χ1v) is 13.2. The van der Waals surface area contributed by atoms with E-state index in [0.717, 1.165) is 50.2 Å². The Kier molecular flexibility index (Phi) is 9.34. The second-order valence-electron chi connectivity index (χ2n) is 9.01. The number of nitriles is 1. The molecule has 0 saturated carbocycles. The van der Waals surface area contributed by atoms with Crippen LogP contribution in [0.5, 0.6) is 0 Å². The summed E-state index contributed by atoms with van der Waals surface area (Å²) in [5, 5.41) is 9.82. The van der Waals surface area contributed by atoms with E-state index in [1.165, 1.54) is 11.8 Å². The maximum absolute atomic E-state index is 13.3. The van der Waals surface area contributed by atoms with Crippen LogP contribution >= 0.6 is 24.0 Å². The van der Waals surface area contributed by atoms with Crippen molar-refractivity contribution in [3.63, 3.8) is 0 Å². The SMILES string of the molecule is CCCCn1c(N2CCC(C)CC2)c(/C=C2/SC(=S)N(CCCOC)C2=O)c(C)c(C#N)c1=O. The van der Waals surface area contributed by atoms with Crippen LogP contribution in [-0.4, -0.2) is 53.0 Å². The Hall–Kier alpha value is -2.15. The first-order valence-electron chi connectivity index (χ1n) is 12.0. The minimum absolute atomic E-state index is 0.131. The molecule has 3 rings (SSSR count). The average Bonchev–Trinajstić information content (AvgIpc) is 3.08. The molecule has 1 aromatic heterocycles. The lowest BCUT2D eigenvalue weighted by Gasteiger charge is -2.35. The summed E-state index contributed by atoms with van der Waals surface area (Å²) in [4.78, 5) is 30.9. The van der Waals surface area contributed by atoms with Crippen LogP contribution in [0.3, 0.4) is 0 Å². The van der Waals surface area contributed by atoms with Crippen molar-refractivity contribution in [1.29, 1.82) is 5.26 Å². The van der Waals surface area contributed by atoms with E-state index in [1.54, 1.807) is 16.6 Å². The van der Waals surface area contributed by atoms with Crippen molar-refractivity contribution in [2.24, 2.45) is 5.92 Å². The van der Waals surface area contributed by atoms with Gasteiger partial charge in [0.25, 0.3) is 11.5 Å². The largest absolute Gasteiger partial charge is 0.385 e. The number of anilines is 1. The van der Waals surface area contributed by atoms with E-state index in [-0.39, 0.29) is 17.0 Å². The quantitative estimate of drug-likeness (QED) is 0.283. The molecule has 0 bridgehead atoms. The second kappa shape index (κ2) is 12.0. The van der Waals surface area contributed by atoms with Gasteiger partial charge in [0.1, 0.15) is 21.8 Å². The fourth-order valence-electron chi connectivity index (χ4n) is 4.42. The summed E-state index contributed by atoms with van der Waals surface area (Å²) in [6.07, 6.45) is 6.42. The molecule has 0 aromatic carbocycles. The van der Waals surface area contributed by atoms with Gasteiger partial charge in [-0.2, -0.15) is 5.26 Å². The molecule has 0 atom stereocenters. The number of nitrogens with zero attached hydrogens (tertiary/aromatic N) is 4. The van der Waals surface area contributed by atoms with E-state index in [2.05, 4.69) is 24.8 Å². The zero-order valence-electron chi connectivity index (χ0n) is 20.6. The van der Waals surface area contributed by atoms with Crippen LogP contribution in [0.1, 0.15) is 62.6 Å². The van der Waals surface area contributed by atoms with Crippen molar-refractivity contribution in [2.75, 3.05) is 38.3 Å². The first kappa shape index (κ1) is 26.5. The average molecular weight is 503 g/mol. The molecule has 2 aliphatic heterocycles. The van der Waals surface area contributed by atoms with Crippen LogP contribution in [-0.2, 0) is 16.1 Å². The van der Waals surface area contributed by atoms with Crippen molar-refractivity contribution in [1.82, 2.24) is 9.47 Å². The van der Waals surface area contributed by atoms with Crippen molar-refractivity contribution in [3.8, 4) is 6.07 Å². The molecule has 34 heavy (non-hydrogen) atoms. The van der Waals surface area contributed by atoms with Crippen LogP contribution < -0.4 is 10.5 Å². The number of ether oxygens (including phenoxy) is 1. The van der Waals surface area contributed by atoms with Crippen LogP contribution in [0.25, 0.3) is 6.08 Å². The summed E-state index contributed by atoms with van der Waals surface area (Å²) in [7, 11) is 1.64. The summed E-state index contributed by atoms with van der Waals surface area (Å²) < 4.78 is 7.40. The lowest BCUT2D eigenvalue weighted by Crippen LogP contribution is -2.39. The van der Waals surface area contributed by atoms with Crippen molar-refractivity contribution in [2.45, 2.75) is 59.4 Å². The van der Waals surface area contributed by atoms with Gasteiger partial charge < -0.3 is 9.64 Å². The van der Waals surface area contributed by atoms with Gasteiger partial charge in [0.15, 0.2) is 0 Å². The van der Waals surface area contributed by atoms with E-state index in [4.69, 9.17) is 17.0 Å². The minimum Gasteiger partial charge on any atom is -0.385 e. The monoisotopic (exact) mass is 502 g/mol. The Balaban J connectivity index is 2.13. The summed E-state index contributed by atoms with van der Waals surface area (Å²) >= 11 is 6.76. The fourth-order valence-corrected chi connectivity index (χ4v) is 5.71. The number of thiocarbonyl (C=S) groups is 1. The van der Waals surface area contributed by atoms with Crippen LogP contribution in [0, 0.1) is 24.2 Å². The molecule has 184 valence electrons. The summed E-state index contributed by atoms with van der Waals surface area (Å²) in [5.74, 6) is 1.33. The predicted molar refractivity (Wildman–Crippen MR) is 142 cm³/mol. The van der Waals surface area contributed by atoms with Crippen LogP contribution in [0.2, 0.25) is 0 Å². The number of pyridine rings is 1. The molecule has 0 unspecified atom stereocenters. The molecule has 0 radical (unpaired) electrons. The zero-order valence-corrected chi connectivity index (χ0v) is 22.2. The number of carbonyl (C=O) groups is 1. The number of thioether (sulfide) groups is 1. The first-order chi connectivity index (χ1) is 16.3. The third-order valence-corrected chi connectivity index (χ3v) is 7.92. The van der Waals surface area contributed by atoms with Gasteiger partial charge in [-0.3, -0.25) is 19.1 Å². The highest BCUT2D eigenvalue weighted by Gasteiger charge is 2.33. The van der Waals surface area contributed by atoms with Crippen LogP contribution in [0.4, 0.5) is 5.82 Å². The van der Waals surface area contributed by atoms with Gasteiger partial charge in [0.2, 0.25) is 0 Å². The highest BCUT2D eigenvalue weighted by atomic mass is 32.2. The molecule has 9 heteroatoms. The lowest BCUT2D eigenvalue weighted by molar-refractivity contribution is -0.122. The van der Waals surface area contributed by atoms with Crippen LogP contribution in [0.15, 0.2) is 9.70 Å². The molecule has 1 aromatic rings. The van der Waals surface area contributed by atoms with E-state index in [0.29, 0.717) is 46.8 Å². The molecule has 2 saturated heterocycles. The molecule has 2 fully saturated rings. The third-order valence-electron chi connectivity index (χ3n) is 6.54. The maximum Gasteiger partial charge on any atom is 0.270 e. The van der Waals surface area contributed by atoms with Gasteiger partial charge in [-0.1, -0.05) is 44.2 Å². The van der Waals surface area contributed by atoms with Gasteiger partial charge in [0, 0.05) is 45.5 Å². The molecule has 0 aliphatic carbocycles. The number of carbonyl (C=O) groups excluding carboxylic acids is 1. The summed E-state index contributed by atoms with van der Waals surface area (Å²) in [6, 6.07) is 2.12. The fraction of sp³-hybridized carbons (Fsp3) is 0.600. The standard InChI is InChI=1S/C25H34N4O3S2/c1-5-6-10-28-22(27-12-8-17(2)9-13-27)19(18(3)20(16-26)23(28)30)15-21-24(31)29(25(33)34-21)11-7-14-32-4/h15,17H,5-14H2,1-4H3/b21-15+. The molecular weight excluding hydrogens is 468 g/mol. The van der Waals surface area contributed by atoms with Gasteiger partial charge in [-0.25, -0.2) is 0 Å². The lowest BCUT2D eigenvalue weighted by atomic mass is 9.97. The number of hydrogen-bond acceptors (Lipinski definition) is 7. The highest BCUT2D eigenvalue weighted by Crippen LogP contribution is 2.36. The minimum atomic E-state index is -0.244. The Morgan fingerprint density at radius 1 is 1.24 bits per heavy atom. The normalized spacial score (nSPS) is 18.3. The van der Waals surface area contributed by atoms with E-state index in [9.17, 15) is 14.9 Å². The molecule has 1 amide bonds. The van der Waals surface area contributed by atoms with Gasteiger partial charge in [-0.15, -0.1) is 0 Å².